The number of nitrogens with zero attached hydrogens (tertiary/aromatic N) is 6. The predicted molar refractivity (Wildman–Crippen MR) is 149 cm³/mol. The van der Waals surface area contributed by atoms with E-state index in [-0.39, 0.29) is 35.1 Å². The zero-order valence-corrected chi connectivity index (χ0v) is 27.5. The number of aldehydes is 1. The number of halogens is 3. The lowest BCUT2D eigenvalue weighted by atomic mass is 10.3. The summed E-state index contributed by atoms with van der Waals surface area (Å²) in [6.07, 6.45) is 0.511. The van der Waals surface area contributed by atoms with E-state index < -0.39 is 23.9 Å². The highest BCUT2D eigenvalue weighted by Gasteiger charge is 2.26. The Bertz CT molecular complexity index is 1450. The van der Waals surface area contributed by atoms with Gasteiger partial charge < -0.3 is 37.8 Å². The second-order valence-corrected chi connectivity index (χ2v) is 9.42. The van der Waals surface area contributed by atoms with Crippen molar-refractivity contribution in [1.29, 1.82) is 0 Å². The molecule has 0 saturated carbocycles. The van der Waals surface area contributed by atoms with E-state index >= 15 is 0 Å². The molecule has 0 aliphatic carbocycles. The van der Waals surface area contributed by atoms with Gasteiger partial charge in [0, 0.05) is 21.1 Å². The Kier molecular flexibility index (Phi) is 14.0. The summed E-state index contributed by atoms with van der Waals surface area (Å²) >= 11 is 9.33. The highest BCUT2D eigenvalue weighted by atomic mass is 79.9. The van der Waals surface area contributed by atoms with Gasteiger partial charge in [-0.1, -0.05) is 0 Å². The van der Waals surface area contributed by atoms with E-state index in [1.807, 2.05) is 0 Å². The first kappa shape index (κ1) is 35.6. The van der Waals surface area contributed by atoms with Crippen LogP contribution < -0.4 is 0 Å². The first-order valence-electron chi connectivity index (χ1n) is 10.8. The van der Waals surface area contributed by atoms with E-state index in [9.17, 15) is 24.0 Å². The van der Waals surface area contributed by atoms with Crippen LogP contribution in [-0.4, -0.2) is 92.4 Å². The Morgan fingerprint density at radius 1 is 0.683 bits per heavy atom. The number of hydrogen-bond donors (Lipinski definition) is 1. The molecule has 0 aliphatic rings. The fraction of sp³-hybridized carbons (Fsp3) is 0.364. The molecule has 3 aromatic rings. The van der Waals surface area contributed by atoms with Crippen molar-refractivity contribution in [3.8, 4) is 0 Å². The Morgan fingerprint density at radius 3 is 1.54 bits per heavy atom. The van der Waals surface area contributed by atoms with E-state index in [0.29, 0.717) is 26.2 Å². The van der Waals surface area contributed by atoms with Crippen LogP contribution in [0, 0.1) is 0 Å². The molecule has 0 saturated heterocycles. The molecule has 224 valence electrons. The van der Waals surface area contributed by atoms with Gasteiger partial charge in [-0.15, -0.1) is 0 Å². The number of methoxy groups -OCH3 is 4. The zero-order valence-electron chi connectivity index (χ0n) is 22.7. The zero-order chi connectivity index (χ0) is 31.6. The number of hydrogen-bond acceptors (Lipinski definition) is 13. The molecule has 0 spiro atoms. The van der Waals surface area contributed by atoms with E-state index in [2.05, 4.69) is 81.7 Å². The molecular weight excluding hydrogens is 748 g/mol. The van der Waals surface area contributed by atoms with Gasteiger partial charge in [-0.25, -0.2) is 34.1 Å². The fourth-order valence-corrected chi connectivity index (χ4v) is 4.05. The number of aliphatic hydroxyl groups excluding tert-OH is 1. The molecule has 1 N–H and O–H groups in total. The van der Waals surface area contributed by atoms with Crippen LogP contribution in [-0.2, 0) is 46.7 Å². The highest BCUT2D eigenvalue weighted by molar-refractivity contribution is 9.10. The summed E-state index contributed by atoms with van der Waals surface area (Å²) in [7, 11) is 9.81. The topological polar surface area (TPSA) is 196 Å². The highest BCUT2D eigenvalue weighted by Crippen LogP contribution is 2.18. The lowest BCUT2D eigenvalue weighted by Crippen LogP contribution is -2.14. The molecule has 3 rings (SSSR count). The molecule has 0 radical (unpaired) electrons. The van der Waals surface area contributed by atoms with E-state index in [4.69, 9.17) is 5.11 Å². The third kappa shape index (κ3) is 8.30. The Balaban J connectivity index is 0.000000309. The molecule has 0 fully saturated rings. The van der Waals surface area contributed by atoms with E-state index in [1.165, 1.54) is 42.1 Å². The summed E-state index contributed by atoms with van der Waals surface area (Å²) in [5.41, 5.74) is 0.763. The van der Waals surface area contributed by atoms with Gasteiger partial charge in [0.25, 0.3) is 0 Å². The number of aromatic nitrogens is 6. The second-order valence-electron chi connectivity index (χ2n) is 7.29. The molecule has 3 heterocycles. The van der Waals surface area contributed by atoms with Crippen LogP contribution in [0.3, 0.4) is 0 Å². The van der Waals surface area contributed by atoms with E-state index in [1.54, 1.807) is 21.1 Å². The third-order valence-electron chi connectivity index (χ3n) is 5.00. The summed E-state index contributed by atoms with van der Waals surface area (Å²) in [4.78, 5) is 67.1. The van der Waals surface area contributed by atoms with Crippen molar-refractivity contribution in [1.82, 2.24) is 28.7 Å². The minimum Gasteiger partial charge on any atom is -0.464 e. The number of carbonyl (C=O) groups is 5. The van der Waals surface area contributed by atoms with Crippen molar-refractivity contribution in [2.75, 3.05) is 28.4 Å². The smallest absolute Gasteiger partial charge is 0.359 e. The summed E-state index contributed by atoms with van der Waals surface area (Å²) in [6.45, 7) is -0.288. The quantitative estimate of drug-likeness (QED) is 0.217. The summed E-state index contributed by atoms with van der Waals surface area (Å²) in [6, 6.07) is 0. The standard InChI is InChI=1S/C8H9BrN2O4.C7H9BrN2O3.C7H7BrN2O3/c1-11-5(7(13)15-3)4(6(12)14-2)10-8(11)9;2*1-10-5(6(12)13-2)4(3-11)9-7(10)8/h1-3H3;11H,3H2,1-2H3;3H,1-2H3. The first-order chi connectivity index (χ1) is 19.2. The average Bonchev–Trinajstić information content (AvgIpc) is 3.56. The summed E-state index contributed by atoms with van der Waals surface area (Å²) in [5.74, 6) is -2.42. The van der Waals surface area contributed by atoms with Gasteiger partial charge in [0.05, 0.1) is 40.7 Å². The third-order valence-corrected chi connectivity index (χ3v) is 7.13. The number of imidazole rings is 3. The van der Waals surface area contributed by atoms with Crippen LogP contribution in [0.25, 0.3) is 0 Å². The maximum atomic E-state index is 11.4. The lowest BCUT2D eigenvalue weighted by molar-refractivity contribution is 0.0544. The molecular formula is C22H25Br3N6O10. The molecule has 0 amide bonds. The van der Waals surface area contributed by atoms with Crippen molar-refractivity contribution in [3.63, 3.8) is 0 Å². The molecule has 0 atom stereocenters. The Morgan fingerprint density at radius 2 is 1.07 bits per heavy atom. The maximum Gasteiger partial charge on any atom is 0.359 e. The number of rotatable bonds is 6. The van der Waals surface area contributed by atoms with Crippen molar-refractivity contribution in [2.45, 2.75) is 6.61 Å². The van der Waals surface area contributed by atoms with Gasteiger partial charge in [0.1, 0.15) is 5.69 Å². The van der Waals surface area contributed by atoms with E-state index in [0.717, 1.165) is 0 Å². The molecule has 0 bridgehead atoms. The van der Waals surface area contributed by atoms with Crippen molar-refractivity contribution >= 4 is 78.0 Å². The van der Waals surface area contributed by atoms with Crippen LogP contribution >= 0.6 is 47.8 Å². The SMILES string of the molecule is COC(=O)c1c(C=O)nc(Br)n1C.COC(=O)c1c(CO)nc(Br)n1C.COC(=O)c1nc(Br)n(C)c1C(=O)OC. The number of ether oxygens (including phenoxy) is 4. The molecule has 19 heteroatoms. The fourth-order valence-electron chi connectivity index (χ4n) is 2.94. The lowest BCUT2D eigenvalue weighted by Gasteiger charge is -2.02. The first-order valence-corrected chi connectivity index (χ1v) is 13.2. The number of carbonyl (C=O) groups excluding carboxylic acids is 5. The minimum absolute atomic E-state index is 0.0521. The molecule has 3 aromatic heterocycles. The van der Waals surface area contributed by atoms with Crippen LogP contribution in [0.5, 0.6) is 0 Å². The Labute approximate surface area is 258 Å². The Hall–Kier alpha value is -3.42. The number of esters is 4. The monoisotopic (exact) mass is 770 g/mol. The van der Waals surface area contributed by atoms with Crippen molar-refractivity contribution < 1.29 is 48.0 Å². The molecule has 0 aromatic carbocycles. The van der Waals surface area contributed by atoms with Crippen LogP contribution in [0.15, 0.2) is 14.2 Å². The summed E-state index contributed by atoms with van der Waals surface area (Å²) < 4.78 is 23.7. The molecule has 16 nitrogen and oxygen atoms in total. The summed E-state index contributed by atoms with van der Waals surface area (Å²) in [5, 5.41) is 8.90. The van der Waals surface area contributed by atoms with Crippen LogP contribution in [0.4, 0.5) is 0 Å². The second kappa shape index (κ2) is 16.1. The van der Waals surface area contributed by atoms with Crippen molar-refractivity contribution in [2.24, 2.45) is 21.1 Å². The predicted octanol–water partition coefficient (Wildman–Crippen LogP) is 2.00. The number of aliphatic hydroxyl groups is 1. The molecule has 0 aliphatic heterocycles. The van der Waals surface area contributed by atoms with Gasteiger partial charge in [-0.2, -0.15) is 0 Å². The minimum atomic E-state index is -0.684. The van der Waals surface area contributed by atoms with Crippen LogP contribution in [0.2, 0.25) is 0 Å². The van der Waals surface area contributed by atoms with Gasteiger partial charge in [0.15, 0.2) is 43.3 Å². The molecule has 41 heavy (non-hydrogen) atoms. The van der Waals surface area contributed by atoms with Gasteiger partial charge in [-0.05, 0) is 47.8 Å². The maximum absolute atomic E-state index is 11.4. The van der Waals surface area contributed by atoms with Gasteiger partial charge in [-0.3, -0.25) is 4.79 Å². The largest absolute Gasteiger partial charge is 0.464 e. The average molecular weight is 773 g/mol. The van der Waals surface area contributed by atoms with Crippen molar-refractivity contribution in [3.05, 3.63) is 48.4 Å². The van der Waals surface area contributed by atoms with Crippen LogP contribution in [0.1, 0.15) is 58.1 Å². The normalized spacial score (nSPS) is 9.93. The van der Waals surface area contributed by atoms with Gasteiger partial charge in [0.2, 0.25) is 0 Å². The van der Waals surface area contributed by atoms with Gasteiger partial charge >= 0.3 is 23.9 Å². The molecule has 0 unspecified atom stereocenters.